The Hall–Kier alpha value is -2.96. The van der Waals surface area contributed by atoms with Gasteiger partial charge in [-0.05, 0) is 54.8 Å². The highest BCUT2D eigenvalue weighted by atomic mass is 19.3. The van der Waals surface area contributed by atoms with Gasteiger partial charge < -0.3 is 14.5 Å². The highest BCUT2D eigenvalue weighted by Crippen LogP contribution is 2.31. The molecule has 0 aromatic heterocycles. The van der Waals surface area contributed by atoms with E-state index in [-0.39, 0.29) is 24.3 Å². The predicted molar refractivity (Wildman–Crippen MR) is 93.7 cm³/mol. The number of carbonyl (C=O) groups is 1. The second-order valence-corrected chi connectivity index (χ2v) is 5.90. The number of carbonyl (C=O) groups excluding carboxylic acids is 1. The van der Waals surface area contributed by atoms with Crippen LogP contribution in [0.5, 0.6) is 5.75 Å². The maximum atomic E-state index is 12.4. The zero-order chi connectivity index (χ0) is 18.5. The van der Waals surface area contributed by atoms with Gasteiger partial charge in [-0.15, -0.1) is 0 Å². The molecule has 3 rings (SSSR count). The smallest absolute Gasteiger partial charge is 0.387 e. The second-order valence-electron chi connectivity index (χ2n) is 5.90. The minimum atomic E-state index is -2.86. The summed E-state index contributed by atoms with van der Waals surface area (Å²) in [5.74, 6) is -0.102. The summed E-state index contributed by atoms with van der Waals surface area (Å²) in [7, 11) is 0. The number of benzene rings is 2. The summed E-state index contributed by atoms with van der Waals surface area (Å²) in [6.07, 6.45) is 2.22. The fraction of sp³-hybridized carbons (Fsp3) is 0.263. The molecule has 5 nitrogen and oxygen atoms in total. The van der Waals surface area contributed by atoms with Crippen molar-refractivity contribution in [2.45, 2.75) is 26.0 Å². The van der Waals surface area contributed by atoms with Crippen LogP contribution in [0.2, 0.25) is 0 Å². The monoisotopic (exact) mass is 360 g/mol. The van der Waals surface area contributed by atoms with Gasteiger partial charge in [-0.1, -0.05) is 23.4 Å². The van der Waals surface area contributed by atoms with Gasteiger partial charge in [0.25, 0.3) is 5.91 Å². The van der Waals surface area contributed by atoms with Crippen LogP contribution in [0, 0.1) is 0 Å². The Morgan fingerprint density at radius 3 is 2.73 bits per heavy atom. The van der Waals surface area contributed by atoms with E-state index in [0.717, 1.165) is 17.7 Å². The Morgan fingerprint density at radius 2 is 2.00 bits per heavy atom. The van der Waals surface area contributed by atoms with Crippen molar-refractivity contribution in [1.29, 1.82) is 0 Å². The molecular weight excluding hydrogens is 342 g/mol. The van der Waals surface area contributed by atoms with Crippen molar-refractivity contribution in [2.24, 2.45) is 5.16 Å². The molecule has 0 bridgehead atoms. The van der Waals surface area contributed by atoms with Gasteiger partial charge in [0, 0.05) is 11.7 Å². The van der Waals surface area contributed by atoms with E-state index in [1.54, 1.807) is 17.0 Å². The normalized spacial score (nSPS) is 16.2. The molecule has 26 heavy (non-hydrogen) atoms. The van der Waals surface area contributed by atoms with Crippen LogP contribution in [0.3, 0.4) is 0 Å². The molecule has 2 aromatic rings. The molecule has 0 saturated heterocycles. The number of nitrogens with zero attached hydrogens (tertiary/aromatic N) is 2. The van der Waals surface area contributed by atoms with Gasteiger partial charge in [0.05, 0.1) is 6.21 Å². The summed E-state index contributed by atoms with van der Waals surface area (Å²) in [5.41, 5.74) is 2.69. The Bertz CT molecular complexity index is 794. The van der Waals surface area contributed by atoms with Gasteiger partial charge in [0.2, 0.25) is 0 Å². The third-order valence-electron chi connectivity index (χ3n) is 4.05. The van der Waals surface area contributed by atoms with Crippen molar-refractivity contribution in [2.75, 3.05) is 11.5 Å². The van der Waals surface area contributed by atoms with E-state index in [1.807, 2.05) is 31.2 Å². The van der Waals surface area contributed by atoms with E-state index in [2.05, 4.69) is 9.89 Å². The van der Waals surface area contributed by atoms with Crippen LogP contribution in [0.4, 0.5) is 14.5 Å². The van der Waals surface area contributed by atoms with Crippen LogP contribution < -0.4 is 9.64 Å². The number of hydrogen-bond donors (Lipinski definition) is 0. The lowest BCUT2D eigenvalue weighted by molar-refractivity contribution is -0.123. The molecule has 1 aliphatic rings. The van der Waals surface area contributed by atoms with E-state index in [1.165, 1.54) is 18.3 Å². The SMILES string of the molecule is C[C@H]1Cc2ccccc2N1C(=O)CO/N=C\c1ccc(OC(F)F)cc1. The topological polar surface area (TPSA) is 51.1 Å². The number of hydrogen-bond acceptors (Lipinski definition) is 4. The summed E-state index contributed by atoms with van der Waals surface area (Å²) in [6.45, 7) is -1.05. The summed E-state index contributed by atoms with van der Waals surface area (Å²) in [5, 5.41) is 3.76. The Balaban J connectivity index is 1.53. The molecule has 0 unspecified atom stereocenters. The van der Waals surface area contributed by atoms with Crippen molar-refractivity contribution < 1.29 is 23.1 Å². The lowest BCUT2D eigenvalue weighted by atomic mass is 10.1. The summed E-state index contributed by atoms with van der Waals surface area (Å²) >= 11 is 0. The fourth-order valence-electron chi connectivity index (χ4n) is 2.94. The Kier molecular flexibility index (Phi) is 5.46. The first-order chi connectivity index (χ1) is 12.5. The first-order valence-corrected chi connectivity index (χ1v) is 8.15. The lowest BCUT2D eigenvalue weighted by Crippen LogP contribution is -2.37. The van der Waals surface area contributed by atoms with Crippen LogP contribution in [0.15, 0.2) is 53.7 Å². The molecule has 2 aromatic carbocycles. The molecule has 0 saturated carbocycles. The molecule has 1 heterocycles. The van der Waals surface area contributed by atoms with E-state index in [0.29, 0.717) is 5.56 Å². The number of amides is 1. The third-order valence-corrected chi connectivity index (χ3v) is 4.05. The van der Waals surface area contributed by atoms with Gasteiger partial charge in [-0.3, -0.25) is 4.79 Å². The number of halogens is 2. The molecule has 1 atom stereocenters. The molecule has 0 radical (unpaired) electrons. The number of rotatable bonds is 6. The molecular formula is C19H18F2N2O3. The quantitative estimate of drug-likeness (QED) is 0.584. The van der Waals surface area contributed by atoms with Gasteiger partial charge in [0.1, 0.15) is 5.75 Å². The highest BCUT2D eigenvalue weighted by molar-refractivity contribution is 5.97. The second kappa shape index (κ2) is 7.95. The van der Waals surface area contributed by atoms with Gasteiger partial charge in [0.15, 0.2) is 6.61 Å². The minimum absolute atomic E-state index is 0.0648. The zero-order valence-electron chi connectivity index (χ0n) is 14.1. The van der Waals surface area contributed by atoms with Crippen molar-refractivity contribution in [3.8, 4) is 5.75 Å². The molecule has 0 aliphatic carbocycles. The summed E-state index contributed by atoms with van der Waals surface area (Å²) in [4.78, 5) is 19.2. The number of fused-ring (bicyclic) bond motifs is 1. The first kappa shape index (κ1) is 17.8. The van der Waals surface area contributed by atoms with Crippen LogP contribution in [0.25, 0.3) is 0 Å². The molecule has 0 N–H and O–H groups in total. The molecule has 0 spiro atoms. The number of ether oxygens (including phenoxy) is 1. The van der Waals surface area contributed by atoms with Crippen LogP contribution >= 0.6 is 0 Å². The Labute approximate surface area is 149 Å². The molecule has 1 aliphatic heterocycles. The number of para-hydroxylation sites is 1. The number of anilines is 1. The van der Waals surface area contributed by atoms with Crippen molar-refractivity contribution in [3.05, 3.63) is 59.7 Å². The highest BCUT2D eigenvalue weighted by Gasteiger charge is 2.30. The Morgan fingerprint density at radius 1 is 1.27 bits per heavy atom. The van der Waals surface area contributed by atoms with Gasteiger partial charge in [-0.25, -0.2) is 0 Å². The predicted octanol–water partition coefficient (Wildman–Crippen LogP) is 3.62. The average Bonchev–Trinajstić information content (AvgIpc) is 2.95. The fourth-order valence-corrected chi connectivity index (χ4v) is 2.94. The average molecular weight is 360 g/mol. The lowest BCUT2D eigenvalue weighted by Gasteiger charge is -2.21. The first-order valence-electron chi connectivity index (χ1n) is 8.15. The maximum Gasteiger partial charge on any atom is 0.387 e. The largest absolute Gasteiger partial charge is 0.435 e. The van der Waals surface area contributed by atoms with Gasteiger partial charge >= 0.3 is 6.61 Å². The van der Waals surface area contributed by atoms with E-state index < -0.39 is 6.61 Å². The molecule has 1 amide bonds. The standard InChI is InChI=1S/C19H18F2N2O3/c1-13-10-15-4-2-3-5-17(15)23(13)18(24)12-25-22-11-14-6-8-16(9-7-14)26-19(20)21/h2-9,11,13,19H,10,12H2,1H3/b22-11-/t13-/m0/s1. The summed E-state index contributed by atoms with van der Waals surface area (Å²) in [6, 6.07) is 13.8. The zero-order valence-corrected chi connectivity index (χ0v) is 14.1. The van der Waals surface area contributed by atoms with E-state index in [9.17, 15) is 13.6 Å². The molecule has 7 heteroatoms. The number of oxime groups is 1. The van der Waals surface area contributed by atoms with E-state index in [4.69, 9.17) is 4.84 Å². The molecule has 0 fully saturated rings. The van der Waals surface area contributed by atoms with Crippen LogP contribution in [-0.2, 0) is 16.1 Å². The van der Waals surface area contributed by atoms with Crippen molar-refractivity contribution >= 4 is 17.8 Å². The third kappa shape index (κ3) is 4.17. The summed E-state index contributed by atoms with van der Waals surface area (Å²) < 4.78 is 28.4. The van der Waals surface area contributed by atoms with Crippen molar-refractivity contribution in [3.63, 3.8) is 0 Å². The maximum absolute atomic E-state index is 12.4. The van der Waals surface area contributed by atoms with Crippen molar-refractivity contribution in [1.82, 2.24) is 0 Å². The van der Waals surface area contributed by atoms with E-state index >= 15 is 0 Å². The van der Waals surface area contributed by atoms with Crippen LogP contribution in [-0.4, -0.2) is 31.4 Å². The minimum Gasteiger partial charge on any atom is -0.435 e. The number of alkyl halides is 2. The van der Waals surface area contributed by atoms with Crippen LogP contribution in [0.1, 0.15) is 18.1 Å². The van der Waals surface area contributed by atoms with Gasteiger partial charge in [-0.2, -0.15) is 8.78 Å². The molecule has 136 valence electrons.